The van der Waals surface area contributed by atoms with Crippen molar-refractivity contribution in [3.05, 3.63) is 36.2 Å². The molecule has 0 aliphatic heterocycles. The molecule has 0 fully saturated rings. The predicted octanol–water partition coefficient (Wildman–Crippen LogP) is 1.90. The maximum absolute atomic E-state index is 8.89. The van der Waals surface area contributed by atoms with E-state index in [1.165, 1.54) is 0 Å². The Balaban J connectivity index is 2.18. The van der Waals surface area contributed by atoms with Gasteiger partial charge in [0.15, 0.2) is 0 Å². The lowest BCUT2D eigenvalue weighted by molar-refractivity contribution is 0.416. The van der Waals surface area contributed by atoms with Crippen LogP contribution in [-0.4, -0.2) is 27.3 Å². The fourth-order valence-corrected chi connectivity index (χ4v) is 1.86. The molecule has 0 spiro atoms. The monoisotopic (exact) mass is 251 g/mol. The number of rotatable bonds is 2. The maximum atomic E-state index is 8.89. The molecule has 0 aliphatic rings. The number of methoxy groups -OCH3 is 1. The maximum Gasteiger partial charge on any atom is 0.142 e. The molecule has 6 heteroatoms. The van der Waals surface area contributed by atoms with E-state index in [4.69, 9.17) is 10.00 Å². The Bertz CT molecular complexity index is 754. The number of hydrogen-bond acceptors (Lipinski definition) is 5. The van der Waals surface area contributed by atoms with Gasteiger partial charge in [-0.25, -0.2) is 4.98 Å². The summed E-state index contributed by atoms with van der Waals surface area (Å²) < 4.78 is 5.30. The Hall–Kier alpha value is -2.94. The number of imidazole rings is 1. The van der Waals surface area contributed by atoms with Crippen molar-refractivity contribution >= 4 is 11.0 Å². The molecule has 0 radical (unpaired) electrons. The van der Waals surface area contributed by atoms with E-state index in [2.05, 4.69) is 26.2 Å². The lowest BCUT2D eigenvalue weighted by Crippen LogP contribution is -1.90. The molecular weight excluding hydrogens is 242 g/mol. The topological polar surface area (TPSA) is 87.5 Å². The summed E-state index contributed by atoms with van der Waals surface area (Å²) >= 11 is 0. The Morgan fingerprint density at radius 2 is 2.11 bits per heavy atom. The summed E-state index contributed by atoms with van der Waals surface area (Å²) in [5, 5.41) is 16.5. The molecule has 3 aromatic rings. The van der Waals surface area contributed by atoms with Gasteiger partial charge in [-0.05, 0) is 18.2 Å². The second-order valence-electron chi connectivity index (χ2n) is 3.90. The third-order valence-corrected chi connectivity index (χ3v) is 2.78. The van der Waals surface area contributed by atoms with Crippen LogP contribution >= 0.6 is 0 Å². The SMILES string of the molecule is COc1cc(C#N)ccc1-c1nc2cnncc2[nH]1. The van der Waals surface area contributed by atoms with Gasteiger partial charge in [-0.15, -0.1) is 0 Å². The van der Waals surface area contributed by atoms with Crippen LogP contribution in [0.1, 0.15) is 5.56 Å². The van der Waals surface area contributed by atoms with Crippen molar-refractivity contribution in [1.29, 1.82) is 5.26 Å². The minimum atomic E-state index is 0.542. The number of aromatic nitrogens is 4. The highest BCUT2D eigenvalue weighted by atomic mass is 16.5. The minimum absolute atomic E-state index is 0.542. The number of hydrogen-bond donors (Lipinski definition) is 1. The van der Waals surface area contributed by atoms with E-state index in [1.807, 2.05) is 0 Å². The lowest BCUT2D eigenvalue weighted by Gasteiger charge is -2.05. The smallest absolute Gasteiger partial charge is 0.142 e. The Morgan fingerprint density at radius 1 is 1.26 bits per heavy atom. The summed E-state index contributed by atoms with van der Waals surface area (Å²) in [5.74, 6) is 1.25. The highest BCUT2D eigenvalue weighted by Gasteiger charge is 2.11. The molecule has 19 heavy (non-hydrogen) atoms. The Labute approximate surface area is 108 Å². The number of aromatic amines is 1. The van der Waals surface area contributed by atoms with Crippen LogP contribution in [0.25, 0.3) is 22.4 Å². The van der Waals surface area contributed by atoms with Crippen molar-refractivity contribution < 1.29 is 4.74 Å². The number of benzene rings is 1. The van der Waals surface area contributed by atoms with Gasteiger partial charge < -0.3 is 9.72 Å². The number of nitrogens with zero attached hydrogens (tertiary/aromatic N) is 4. The van der Waals surface area contributed by atoms with Crippen LogP contribution in [0.4, 0.5) is 0 Å². The number of fused-ring (bicyclic) bond motifs is 1. The molecule has 0 atom stereocenters. The Morgan fingerprint density at radius 3 is 2.84 bits per heavy atom. The standard InChI is InChI=1S/C13H9N5O/c1-19-12-4-8(5-14)2-3-9(12)13-17-10-6-15-16-7-11(10)18-13/h2-4,6-7H,1H3,(H,17,18). The third-order valence-electron chi connectivity index (χ3n) is 2.78. The fourth-order valence-electron chi connectivity index (χ4n) is 1.86. The highest BCUT2D eigenvalue weighted by Crippen LogP contribution is 2.29. The van der Waals surface area contributed by atoms with Crippen molar-refractivity contribution in [1.82, 2.24) is 20.2 Å². The van der Waals surface area contributed by atoms with Gasteiger partial charge in [0.1, 0.15) is 17.1 Å². The molecule has 1 N–H and O–H groups in total. The minimum Gasteiger partial charge on any atom is -0.496 e. The first kappa shape index (κ1) is 11.2. The van der Waals surface area contributed by atoms with Crippen LogP contribution in [-0.2, 0) is 0 Å². The highest BCUT2D eigenvalue weighted by molar-refractivity contribution is 5.79. The van der Waals surface area contributed by atoms with Crippen molar-refractivity contribution in [2.45, 2.75) is 0 Å². The number of ether oxygens (including phenoxy) is 1. The molecule has 0 aliphatic carbocycles. The molecule has 0 saturated carbocycles. The van der Waals surface area contributed by atoms with E-state index in [0.717, 1.165) is 16.6 Å². The first-order chi connectivity index (χ1) is 9.31. The molecule has 0 bridgehead atoms. The average Bonchev–Trinajstić information content (AvgIpc) is 2.90. The third kappa shape index (κ3) is 1.87. The quantitative estimate of drug-likeness (QED) is 0.751. The molecule has 0 unspecified atom stereocenters. The zero-order valence-electron chi connectivity index (χ0n) is 10.1. The predicted molar refractivity (Wildman–Crippen MR) is 68.4 cm³/mol. The van der Waals surface area contributed by atoms with E-state index >= 15 is 0 Å². The van der Waals surface area contributed by atoms with Crippen molar-refractivity contribution in [3.8, 4) is 23.2 Å². The summed E-state index contributed by atoms with van der Waals surface area (Å²) in [5.41, 5.74) is 2.87. The van der Waals surface area contributed by atoms with Crippen molar-refractivity contribution in [2.75, 3.05) is 7.11 Å². The van der Waals surface area contributed by atoms with Crippen molar-refractivity contribution in [2.24, 2.45) is 0 Å². The summed E-state index contributed by atoms with van der Waals surface area (Å²) in [4.78, 5) is 7.57. The van der Waals surface area contributed by atoms with Crippen molar-refractivity contribution in [3.63, 3.8) is 0 Å². The van der Waals surface area contributed by atoms with Gasteiger partial charge in [0, 0.05) is 0 Å². The van der Waals surface area contributed by atoms with E-state index in [-0.39, 0.29) is 0 Å². The zero-order valence-corrected chi connectivity index (χ0v) is 10.1. The Kier molecular flexibility index (Phi) is 2.58. The van der Waals surface area contributed by atoms with E-state index in [0.29, 0.717) is 17.1 Å². The van der Waals surface area contributed by atoms with E-state index in [1.54, 1.807) is 37.7 Å². The molecule has 2 heterocycles. The van der Waals surface area contributed by atoms with Gasteiger partial charge in [-0.3, -0.25) is 0 Å². The number of nitrogens with one attached hydrogen (secondary N) is 1. The van der Waals surface area contributed by atoms with Crippen LogP contribution in [0.15, 0.2) is 30.6 Å². The second kappa shape index (κ2) is 4.38. The lowest BCUT2D eigenvalue weighted by atomic mass is 10.1. The molecule has 3 rings (SSSR count). The van der Waals surface area contributed by atoms with Crippen LogP contribution in [0.5, 0.6) is 5.75 Å². The normalized spacial score (nSPS) is 10.3. The molecular formula is C13H9N5O. The molecule has 1 aromatic carbocycles. The molecule has 6 nitrogen and oxygen atoms in total. The zero-order chi connectivity index (χ0) is 13.2. The molecule has 2 aromatic heterocycles. The summed E-state index contributed by atoms with van der Waals surface area (Å²) in [6, 6.07) is 7.28. The first-order valence-corrected chi connectivity index (χ1v) is 5.56. The van der Waals surface area contributed by atoms with Gasteiger partial charge in [-0.2, -0.15) is 15.5 Å². The number of H-pyrrole nitrogens is 1. The molecule has 92 valence electrons. The number of nitriles is 1. The molecule has 0 amide bonds. The van der Waals surface area contributed by atoms with Crippen LogP contribution < -0.4 is 4.74 Å². The van der Waals surface area contributed by atoms with Crippen LogP contribution in [0, 0.1) is 11.3 Å². The van der Waals surface area contributed by atoms with Crippen LogP contribution in [0.2, 0.25) is 0 Å². The fraction of sp³-hybridized carbons (Fsp3) is 0.0769. The molecule has 0 saturated heterocycles. The second-order valence-corrected chi connectivity index (χ2v) is 3.90. The van der Waals surface area contributed by atoms with Gasteiger partial charge in [-0.1, -0.05) is 0 Å². The van der Waals surface area contributed by atoms with Gasteiger partial charge >= 0.3 is 0 Å². The van der Waals surface area contributed by atoms with E-state index in [9.17, 15) is 0 Å². The average molecular weight is 251 g/mol. The summed E-state index contributed by atoms with van der Waals surface area (Å²) in [6.07, 6.45) is 3.20. The van der Waals surface area contributed by atoms with Gasteiger partial charge in [0.05, 0.1) is 42.2 Å². The first-order valence-electron chi connectivity index (χ1n) is 5.56. The largest absolute Gasteiger partial charge is 0.496 e. The van der Waals surface area contributed by atoms with Gasteiger partial charge in [0.2, 0.25) is 0 Å². The summed E-state index contributed by atoms with van der Waals surface area (Å²) in [7, 11) is 1.56. The van der Waals surface area contributed by atoms with E-state index < -0.39 is 0 Å². The van der Waals surface area contributed by atoms with Crippen LogP contribution in [0.3, 0.4) is 0 Å². The van der Waals surface area contributed by atoms with Gasteiger partial charge in [0.25, 0.3) is 0 Å². The summed E-state index contributed by atoms with van der Waals surface area (Å²) in [6.45, 7) is 0.